The number of anilines is 1. The molecular formula is C16H14N8O2. The fourth-order valence-electron chi connectivity index (χ4n) is 2.67. The first kappa shape index (κ1) is 15.7. The number of amides is 1. The number of carbonyl (C=O) groups is 1. The van der Waals surface area contributed by atoms with Crippen LogP contribution in [-0.4, -0.2) is 40.3 Å². The number of tetrazole rings is 1. The van der Waals surface area contributed by atoms with Gasteiger partial charge in [0, 0.05) is 11.9 Å². The SMILES string of the molecule is Cc1cc(NC(=O)Cn2nc3ccccn3c2=O)ccc1-n1cnnn1. The van der Waals surface area contributed by atoms with Crippen molar-refractivity contribution in [2.75, 3.05) is 5.32 Å². The molecule has 0 fully saturated rings. The minimum Gasteiger partial charge on any atom is -0.324 e. The van der Waals surface area contributed by atoms with E-state index in [4.69, 9.17) is 0 Å². The molecule has 1 aromatic carbocycles. The van der Waals surface area contributed by atoms with E-state index < -0.39 is 0 Å². The molecule has 3 heterocycles. The zero-order chi connectivity index (χ0) is 18.1. The molecule has 10 heteroatoms. The van der Waals surface area contributed by atoms with Gasteiger partial charge in [-0.25, -0.2) is 14.2 Å². The number of aryl methyl sites for hydroxylation is 1. The summed E-state index contributed by atoms with van der Waals surface area (Å²) in [6.45, 7) is 1.72. The molecule has 0 saturated carbocycles. The second-order valence-corrected chi connectivity index (χ2v) is 5.67. The third-order valence-electron chi connectivity index (χ3n) is 3.86. The monoisotopic (exact) mass is 350 g/mol. The maximum absolute atomic E-state index is 12.3. The van der Waals surface area contributed by atoms with Crippen molar-refractivity contribution in [2.45, 2.75) is 13.5 Å². The van der Waals surface area contributed by atoms with Gasteiger partial charge in [-0.05, 0) is 53.2 Å². The van der Waals surface area contributed by atoms with E-state index in [0.717, 1.165) is 15.9 Å². The van der Waals surface area contributed by atoms with Gasteiger partial charge in [-0.15, -0.1) is 10.2 Å². The number of hydrogen-bond donors (Lipinski definition) is 1. The lowest BCUT2D eigenvalue weighted by molar-refractivity contribution is -0.117. The van der Waals surface area contributed by atoms with Crippen LogP contribution in [0.15, 0.2) is 53.7 Å². The van der Waals surface area contributed by atoms with Crippen molar-refractivity contribution in [2.24, 2.45) is 0 Å². The molecule has 0 unspecified atom stereocenters. The molecule has 0 radical (unpaired) electrons. The van der Waals surface area contributed by atoms with Crippen LogP contribution in [0.4, 0.5) is 5.69 Å². The highest BCUT2D eigenvalue weighted by Crippen LogP contribution is 2.17. The van der Waals surface area contributed by atoms with E-state index in [1.165, 1.54) is 15.4 Å². The Kier molecular flexibility index (Phi) is 3.77. The summed E-state index contributed by atoms with van der Waals surface area (Å²) in [5, 5.41) is 18.0. The van der Waals surface area contributed by atoms with Crippen LogP contribution in [0, 0.1) is 6.92 Å². The standard InChI is InChI=1S/C16H14N8O2/c1-11-8-12(5-6-13(11)24-10-17-20-21-24)18-15(25)9-23-16(26)22-7-3-2-4-14(22)19-23/h2-8,10H,9H2,1H3,(H,18,25). The lowest BCUT2D eigenvalue weighted by Gasteiger charge is -2.09. The lowest BCUT2D eigenvalue weighted by atomic mass is 10.2. The van der Waals surface area contributed by atoms with Crippen LogP contribution in [0.2, 0.25) is 0 Å². The van der Waals surface area contributed by atoms with Gasteiger partial charge >= 0.3 is 5.69 Å². The Balaban J connectivity index is 1.52. The summed E-state index contributed by atoms with van der Waals surface area (Å²) >= 11 is 0. The van der Waals surface area contributed by atoms with Crippen molar-refractivity contribution in [1.29, 1.82) is 0 Å². The maximum atomic E-state index is 12.3. The molecule has 0 bridgehead atoms. The van der Waals surface area contributed by atoms with Crippen LogP contribution in [-0.2, 0) is 11.3 Å². The van der Waals surface area contributed by atoms with E-state index in [1.807, 2.05) is 6.92 Å². The van der Waals surface area contributed by atoms with Crippen molar-refractivity contribution in [1.82, 2.24) is 34.4 Å². The predicted octanol–water partition coefficient (Wildman–Crippen LogP) is 0.419. The lowest BCUT2D eigenvalue weighted by Crippen LogP contribution is -2.28. The van der Waals surface area contributed by atoms with Crippen molar-refractivity contribution < 1.29 is 4.79 Å². The van der Waals surface area contributed by atoms with Crippen molar-refractivity contribution in [3.8, 4) is 5.69 Å². The first-order valence-corrected chi connectivity index (χ1v) is 7.80. The fraction of sp³-hybridized carbons (Fsp3) is 0.125. The van der Waals surface area contributed by atoms with Crippen molar-refractivity contribution >= 4 is 17.2 Å². The molecule has 130 valence electrons. The van der Waals surface area contributed by atoms with E-state index >= 15 is 0 Å². The molecular weight excluding hydrogens is 336 g/mol. The van der Waals surface area contributed by atoms with Gasteiger partial charge < -0.3 is 5.32 Å². The number of carbonyl (C=O) groups excluding carboxylic acids is 1. The van der Waals surface area contributed by atoms with Gasteiger partial charge in [0.25, 0.3) is 0 Å². The summed E-state index contributed by atoms with van der Waals surface area (Å²) in [5.41, 5.74) is 2.44. The van der Waals surface area contributed by atoms with E-state index in [0.29, 0.717) is 11.3 Å². The largest absolute Gasteiger partial charge is 0.350 e. The average Bonchev–Trinajstić information content (AvgIpc) is 3.25. The molecule has 0 saturated heterocycles. The molecule has 4 aromatic rings. The summed E-state index contributed by atoms with van der Waals surface area (Å²) in [4.78, 5) is 24.5. The van der Waals surface area contributed by atoms with Gasteiger partial charge in [-0.3, -0.25) is 9.20 Å². The molecule has 0 atom stereocenters. The highest BCUT2D eigenvalue weighted by atomic mass is 16.2. The van der Waals surface area contributed by atoms with Gasteiger partial charge in [0.15, 0.2) is 5.65 Å². The molecule has 0 aliphatic carbocycles. The van der Waals surface area contributed by atoms with E-state index in [2.05, 4.69) is 25.9 Å². The molecule has 1 N–H and O–H groups in total. The zero-order valence-electron chi connectivity index (χ0n) is 13.8. The van der Waals surface area contributed by atoms with Crippen molar-refractivity contribution in [3.63, 3.8) is 0 Å². The van der Waals surface area contributed by atoms with Crippen LogP contribution in [0.1, 0.15) is 5.56 Å². The third kappa shape index (κ3) is 2.83. The Morgan fingerprint density at radius 2 is 2.12 bits per heavy atom. The number of nitrogens with one attached hydrogen (secondary N) is 1. The van der Waals surface area contributed by atoms with E-state index in [1.54, 1.807) is 42.6 Å². The van der Waals surface area contributed by atoms with Crippen molar-refractivity contribution in [3.05, 3.63) is 65.0 Å². The Bertz CT molecular complexity index is 1140. The van der Waals surface area contributed by atoms with Gasteiger partial charge in [-0.1, -0.05) is 6.07 Å². The van der Waals surface area contributed by atoms with Gasteiger partial charge in [0.2, 0.25) is 5.91 Å². The van der Waals surface area contributed by atoms with Crippen LogP contribution in [0.5, 0.6) is 0 Å². The topological polar surface area (TPSA) is 112 Å². The summed E-state index contributed by atoms with van der Waals surface area (Å²) in [6, 6.07) is 10.6. The van der Waals surface area contributed by atoms with E-state index in [9.17, 15) is 9.59 Å². The normalized spacial score (nSPS) is 11.0. The molecule has 0 spiro atoms. The molecule has 10 nitrogen and oxygen atoms in total. The minimum absolute atomic E-state index is 0.172. The summed E-state index contributed by atoms with van der Waals surface area (Å²) < 4.78 is 4.06. The number of pyridine rings is 1. The zero-order valence-corrected chi connectivity index (χ0v) is 13.8. The second kappa shape index (κ2) is 6.24. The summed E-state index contributed by atoms with van der Waals surface area (Å²) in [5.74, 6) is -0.343. The Labute approximate surface area is 146 Å². The maximum Gasteiger partial charge on any atom is 0.350 e. The Hall–Kier alpha value is -3.82. The number of rotatable bonds is 4. The molecule has 4 rings (SSSR count). The predicted molar refractivity (Wildman–Crippen MR) is 92.0 cm³/mol. The molecule has 0 aliphatic heterocycles. The second-order valence-electron chi connectivity index (χ2n) is 5.67. The Morgan fingerprint density at radius 3 is 2.85 bits per heavy atom. The van der Waals surface area contributed by atoms with Crippen LogP contribution in [0.3, 0.4) is 0 Å². The number of benzene rings is 1. The molecule has 26 heavy (non-hydrogen) atoms. The van der Waals surface area contributed by atoms with Gasteiger partial charge in [0.05, 0.1) is 5.69 Å². The smallest absolute Gasteiger partial charge is 0.324 e. The van der Waals surface area contributed by atoms with Gasteiger partial charge in [0.1, 0.15) is 12.9 Å². The first-order chi connectivity index (χ1) is 12.6. The first-order valence-electron chi connectivity index (χ1n) is 7.80. The fourth-order valence-corrected chi connectivity index (χ4v) is 2.67. The van der Waals surface area contributed by atoms with E-state index in [-0.39, 0.29) is 18.1 Å². The molecule has 1 amide bonds. The van der Waals surface area contributed by atoms with Crippen LogP contribution in [0.25, 0.3) is 11.3 Å². The highest BCUT2D eigenvalue weighted by Gasteiger charge is 2.11. The Morgan fingerprint density at radius 1 is 1.23 bits per heavy atom. The minimum atomic E-state index is -0.360. The van der Waals surface area contributed by atoms with Gasteiger partial charge in [-0.2, -0.15) is 0 Å². The number of hydrogen-bond acceptors (Lipinski definition) is 6. The summed E-state index contributed by atoms with van der Waals surface area (Å²) in [7, 11) is 0. The van der Waals surface area contributed by atoms with Crippen LogP contribution >= 0.6 is 0 Å². The van der Waals surface area contributed by atoms with Crippen LogP contribution < -0.4 is 11.0 Å². The number of fused-ring (bicyclic) bond motifs is 1. The average molecular weight is 350 g/mol. The number of nitrogens with zero attached hydrogens (tertiary/aromatic N) is 7. The summed E-state index contributed by atoms with van der Waals surface area (Å²) in [6.07, 6.45) is 3.11. The highest BCUT2D eigenvalue weighted by molar-refractivity contribution is 5.90. The molecule has 3 aromatic heterocycles. The third-order valence-corrected chi connectivity index (χ3v) is 3.86. The molecule has 0 aliphatic rings. The quantitative estimate of drug-likeness (QED) is 0.571. The number of aromatic nitrogens is 7.